The largest absolute Gasteiger partial charge is 0.481 e. The fourth-order valence-electron chi connectivity index (χ4n) is 3.71. The van der Waals surface area contributed by atoms with E-state index in [9.17, 15) is 19.8 Å². The number of benzene rings is 1. The van der Waals surface area contributed by atoms with E-state index in [2.05, 4.69) is 10.2 Å². The highest BCUT2D eigenvalue weighted by Gasteiger charge is 2.48. The fourth-order valence-corrected chi connectivity index (χ4v) is 3.71. The van der Waals surface area contributed by atoms with E-state index in [0.717, 1.165) is 16.6 Å². The number of carbonyl (C=O) groups excluding carboxylic acids is 1. The molecule has 7 nitrogen and oxygen atoms in total. The molecule has 0 spiro atoms. The van der Waals surface area contributed by atoms with Crippen LogP contribution in [0.5, 0.6) is 0 Å². The van der Waals surface area contributed by atoms with Crippen molar-refractivity contribution in [2.75, 3.05) is 13.1 Å². The first kappa shape index (κ1) is 17.4. The van der Waals surface area contributed by atoms with E-state index >= 15 is 0 Å². The molecule has 0 radical (unpaired) electrons. The number of aromatic nitrogens is 2. The maximum absolute atomic E-state index is 12.6. The van der Waals surface area contributed by atoms with Crippen LogP contribution in [0.1, 0.15) is 31.9 Å². The van der Waals surface area contributed by atoms with E-state index in [1.165, 1.54) is 0 Å². The highest BCUT2D eigenvalue weighted by atomic mass is 16.4. The number of hydrogen-bond acceptors (Lipinski definition) is 4. The average molecular weight is 345 g/mol. The van der Waals surface area contributed by atoms with Crippen LogP contribution >= 0.6 is 0 Å². The number of nitrogens with zero attached hydrogens (tertiary/aromatic N) is 2. The zero-order valence-electron chi connectivity index (χ0n) is 14.2. The number of aromatic amines is 1. The summed E-state index contributed by atoms with van der Waals surface area (Å²) in [5.74, 6) is -1.11. The van der Waals surface area contributed by atoms with E-state index < -0.39 is 17.5 Å². The molecular weight excluding hydrogens is 322 g/mol. The third kappa shape index (κ3) is 3.11. The van der Waals surface area contributed by atoms with E-state index in [-0.39, 0.29) is 25.3 Å². The predicted octanol–water partition coefficient (Wildman–Crippen LogP) is 1.57. The van der Waals surface area contributed by atoms with Crippen molar-refractivity contribution in [1.29, 1.82) is 0 Å². The second-order valence-electron chi connectivity index (χ2n) is 6.71. The molecule has 0 unspecified atom stereocenters. The van der Waals surface area contributed by atoms with Gasteiger partial charge in [0.2, 0.25) is 5.91 Å². The van der Waals surface area contributed by atoms with Crippen LogP contribution in [0.3, 0.4) is 0 Å². The Balaban J connectivity index is 1.71. The molecule has 1 amide bonds. The molecule has 25 heavy (non-hydrogen) atoms. The van der Waals surface area contributed by atoms with Crippen molar-refractivity contribution >= 4 is 22.8 Å². The Morgan fingerprint density at radius 1 is 1.40 bits per heavy atom. The number of hydrogen-bond donors (Lipinski definition) is 3. The second-order valence-corrected chi connectivity index (χ2v) is 6.71. The molecule has 0 aliphatic carbocycles. The molecule has 0 saturated carbocycles. The van der Waals surface area contributed by atoms with Crippen LogP contribution in [-0.2, 0) is 16.0 Å². The van der Waals surface area contributed by atoms with Gasteiger partial charge in [0.05, 0.1) is 29.2 Å². The third-order valence-electron chi connectivity index (χ3n) is 5.20. The molecule has 7 heteroatoms. The average Bonchev–Trinajstić information content (AvgIpc) is 2.99. The maximum Gasteiger partial charge on any atom is 0.312 e. The number of aliphatic hydroxyl groups is 1. The van der Waals surface area contributed by atoms with Gasteiger partial charge in [-0.15, -0.1) is 0 Å². The molecule has 3 rings (SSSR count). The van der Waals surface area contributed by atoms with Gasteiger partial charge in [0.1, 0.15) is 0 Å². The topological polar surface area (TPSA) is 107 Å². The summed E-state index contributed by atoms with van der Waals surface area (Å²) in [6.07, 6.45) is 0.461. The molecule has 2 atom stereocenters. The number of H-pyrrole nitrogens is 1. The van der Waals surface area contributed by atoms with Gasteiger partial charge in [-0.3, -0.25) is 14.7 Å². The summed E-state index contributed by atoms with van der Waals surface area (Å²) in [7, 11) is 0. The number of aliphatic hydroxyl groups excluding tert-OH is 1. The smallest absolute Gasteiger partial charge is 0.312 e. The summed E-state index contributed by atoms with van der Waals surface area (Å²) in [4.78, 5) is 25.8. The monoisotopic (exact) mass is 345 g/mol. The number of nitrogens with one attached hydrogen (secondary N) is 1. The zero-order chi connectivity index (χ0) is 18.0. The Hall–Kier alpha value is -2.41. The van der Waals surface area contributed by atoms with Gasteiger partial charge < -0.3 is 15.1 Å². The number of carbonyl (C=O) groups is 2. The zero-order valence-corrected chi connectivity index (χ0v) is 14.2. The van der Waals surface area contributed by atoms with Crippen molar-refractivity contribution < 1.29 is 19.8 Å². The molecule has 3 N–H and O–H groups in total. The van der Waals surface area contributed by atoms with Crippen molar-refractivity contribution in [2.24, 2.45) is 5.41 Å². The summed E-state index contributed by atoms with van der Waals surface area (Å²) in [5, 5.41) is 28.0. The molecule has 1 aromatic carbocycles. The van der Waals surface area contributed by atoms with E-state index in [1.54, 1.807) is 4.90 Å². The van der Waals surface area contributed by atoms with Gasteiger partial charge in [0.25, 0.3) is 0 Å². The molecule has 0 bridgehead atoms. The Morgan fingerprint density at radius 3 is 2.84 bits per heavy atom. The van der Waals surface area contributed by atoms with E-state index in [4.69, 9.17) is 0 Å². The van der Waals surface area contributed by atoms with Gasteiger partial charge in [-0.25, -0.2) is 0 Å². The quantitative estimate of drug-likeness (QED) is 0.762. The number of rotatable bonds is 5. The van der Waals surface area contributed by atoms with Crippen LogP contribution in [0.2, 0.25) is 0 Å². The summed E-state index contributed by atoms with van der Waals surface area (Å²) >= 11 is 0. The minimum absolute atomic E-state index is 0.0528. The van der Waals surface area contributed by atoms with Crippen molar-refractivity contribution in [3.05, 3.63) is 30.0 Å². The molecule has 1 aliphatic rings. The minimum atomic E-state index is -1.15. The molecule has 2 aromatic rings. The number of likely N-dealkylation sites (tertiary alicyclic amines) is 1. The fraction of sp³-hybridized carbons (Fsp3) is 0.500. The molecule has 1 saturated heterocycles. The minimum Gasteiger partial charge on any atom is -0.481 e. The normalized spacial score (nSPS) is 23.8. The molecule has 2 heterocycles. The van der Waals surface area contributed by atoms with Crippen LogP contribution in [0.15, 0.2) is 24.3 Å². The van der Waals surface area contributed by atoms with Crippen LogP contribution in [0, 0.1) is 5.41 Å². The summed E-state index contributed by atoms with van der Waals surface area (Å²) < 4.78 is 0. The molecule has 1 fully saturated rings. The van der Waals surface area contributed by atoms with Crippen LogP contribution < -0.4 is 0 Å². The first-order chi connectivity index (χ1) is 12.0. The Morgan fingerprint density at radius 2 is 2.16 bits per heavy atom. The lowest BCUT2D eigenvalue weighted by atomic mass is 9.72. The van der Waals surface area contributed by atoms with Gasteiger partial charge >= 0.3 is 5.97 Å². The number of carboxylic acid groups (broad SMARTS) is 1. The Kier molecular flexibility index (Phi) is 4.76. The van der Waals surface area contributed by atoms with Gasteiger partial charge in [-0.2, -0.15) is 5.10 Å². The number of aliphatic carboxylic acids is 1. The first-order valence-electron chi connectivity index (χ1n) is 8.59. The van der Waals surface area contributed by atoms with Gasteiger partial charge in [-0.1, -0.05) is 31.5 Å². The van der Waals surface area contributed by atoms with Gasteiger partial charge in [0.15, 0.2) is 0 Å². The number of β-amino-alcohol motifs (C(OH)–C–C–N with tert-alkyl or cyclic N) is 1. The van der Waals surface area contributed by atoms with Gasteiger partial charge in [0, 0.05) is 18.5 Å². The number of carboxylic acids is 1. The van der Waals surface area contributed by atoms with Crippen molar-refractivity contribution in [1.82, 2.24) is 15.1 Å². The lowest BCUT2D eigenvalue weighted by molar-refractivity contribution is -0.167. The molecule has 1 aliphatic heterocycles. The first-order valence-corrected chi connectivity index (χ1v) is 8.59. The number of amides is 1. The number of para-hydroxylation sites is 1. The lowest BCUT2D eigenvalue weighted by Crippen LogP contribution is -2.56. The Labute approximate surface area is 145 Å². The third-order valence-corrected chi connectivity index (χ3v) is 5.20. The second kappa shape index (κ2) is 6.84. The van der Waals surface area contributed by atoms with Gasteiger partial charge in [-0.05, 0) is 18.9 Å². The number of piperidine rings is 1. The summed E-state index contributed by atoms with van der Waals surface area (Å²) in [5.41, 5.74) is 0.391. The predicted molar refractivity (Wildman–Crippen MR) is 92.0 cm³/mol. The standard InChI is InChI=1S/C18H23N3O4/c1-2-7-18(17(24)25)8-9-21(11-15(18)22)16(23)10-14-12-5-3-4-6-13(12)19-20-14/h3-6,15,22H,2,7-11H2,1H3,(H,19,20)(H,24,25)/t15-,18-/m0/s1. The Bertz CT molecular complexity index is 787. The van der Waals surface area contributed by atoms with Crippen molar-refractivity contribution in [3.8, 4) is 0 Å². The SMILES string of the molecule is CCC[C@]1(C(=O)O)CCN(C(=O)Cc2[nH]nc3ccccc23)C[C@@H]1O. The summed E-state index contributed by atoms with van der Waals surface area (Å²) in [6, 6.07) is 7.55. The van der Waals surface area contributed by atoms with E-state index in [0.29, 0.717) is 19.4 Å². The number of fused-ring (bicyclic) bond motifs is 1. The van der Waals surface area contributed by atoms with Crippen LogP contribution in [-0.4, -0.2) is 56.4 Å². The summed E-state index contributed by atoms with van der Waals surface area (Å²) in [6.45, 7) is 2.30. The molecule has 134 valence electrons. The lowest BCUT2D eigenvalue weighted by Gasteiger charge is -2.42. The highest BCUT2D eigenvalue weighted by molar-refractivity contribution is 5.87. The van der Waals surface area contributed by atoms with Crippen LogP contribution in [0.4, 0.5) is 0 Å². The maximum atomic E-state index is 12.6. The van der Waals surface area contributed by atoms with E-state index in [1.807, 2.05) is 31.2 Å². The molecular formula is C18H23N3O4. The highest BCUT2D eigenvalue weighted by Crippen LogP contribution is 2.37. The van der Waals surface area contributed by atoms with Crippen molar-refractivity contribution in [3.63, 3.8) is 0 Å². The van der Waals surface area contributed by atoms with Crippen LogP contribution in [0.25, 0.3) is 10.9 Å². The molecule has 1 aromatic heterocycles. The van der Waals surface area contributed by atoms with Crippen molar-refractivity contribution in [2.45, 2.75) is 38.7 Å².